The molecule has 2 rings (SSSR count). The zero-order valence-corrected chi connectivity index (χ0v) is 14.3. The third-order valence-electron chi connectivity index (χ3n) is 4.74. The molecule has 0 bridgehead atoms. The first kappa shape index (κ1) is 18.2. The number of nitrogens with one attached hydrogen (secondary N) is 2. The number of amides is 4. The molecule has 1 saturated carbocycles. The zero-order valence-electron chi connectivity index (χ0n) is 14.3. The summed E-state index contributed by atoms with van der Waals surface area (Å²) in [7, 11) is 0. The third-order valence-corrected chi connectivity index (χ3v) is 4.74. The van der Waals surface area contributed by atoms with Gasteiger partial charge in [0.1, 0.15) is 17.6 Å². The summed E-state index contributed by atoms with van der Waals surface area (Å²) < 4.78 is 0. The van der Waals surface area contributed by atoms with E-state index < -0.39 is 35.5 Å². The highest BCUT2D eigenvalue weighted by atomic mass is 16.4. The van der Waals surface area contributed by atoms with Gasteiger partial charge in [-0.05, 0) is 32.1 Å². The molecule has 2 atom stereocenters. The Labute approximate surface area is 141 Å². The highest BCUT2D eigenvalue weighted by Gasteiger charge is 2.54. The fourth-order valence-electron chi connectivity index (χ4n) is 3.41. The maximum Gasteiger partial charge on any atom is 0.326 e. The van der Waals surface area contributed by atoms with Crippen LogP contribution in [0.4, 0.5) is 4.79 Å². The van der Waals surface area contributed by atoms with E-state index in [2.05, 4.69) is 10.6 Å². The van der Waals surface area contributed by atoms with Gasteiger partial charge in [-0.3, -0.25) is 9.59 Å². The molecule has 1 aliphatic heterocycles. The van der Waals surface area contributed by atoms with Crippen LogP contribution in [0.5, 0.6) is 0 Å². The van der Waals surface area contributed by atoms with E-state index in [4.69, 9.17) is 0 Å². The Bertz CT molecular complexity index is 554. The molecule has 0 aromatic heterocycles. The lowest BCUT2D eigenvalue weighted by Crippen LogP contribution is -2.53. The number of hydrogen-bond donors (Lipinski definition) is 3. The van der Waals surface area contributed by atoms with Gasteiger partial charge in [0.2, 0.25) is 5.91 Å². The Kier molecular flexibility index (Phi) is 5.15. The van der Waals surface area contributed by atoms with Crippen molar-refractivity contribution in [2.45, 2.75) is 70.5 Å². The molecule has 0 aromatic rings. The molecule has 134 valence electrons. The number of nitrogens with zero attached hydrogens (tertiary/aromatic N) is 1. The lowest BCUT2D eigenvalue weighted by atomic mass is 9.97. The summed E-state index contributed by atoms with van der Waals surface area (Å²) in [5, 5.41) is 14.4. The number of imide groups is 1. The first-order valence-corrected chi connectivity index (χ1v) is 8.37. The van der Waals surface area contributed by atoms with Crippen LogP contribution in [-0.2, 0) is 14.4 Å². The molecular weight excluding hydrogens is 314 g/mol. The van der Waals surface area contributed by atoms with Crippen molar-refractivity contribution in [3.05, 3.63) is 0 Å². The minimum atomic E-state index is -1.13. The molecule has 3 N–H and O–H groups in total. The molecule has 1 spiro atoms. The second kappa shape index (κ2) is 6.78. The minimum absolute atomic E-state index is 0.0835. The maximum absolute atomic E-state index is 12.6. The van der Waals surface area contributed by atoms with Crippen molar-refractivity contribution < 1.29 is 24.3 Å². The van der Waals surface area contributed by atoms with Crippen molar-refractivity contribution in [1.29, 1.82) is 0 Å². The quantitative estimate of drug-likeness (QED) is 0.621. The van der Waals surface area contributed by atoms with E-state index in [1.165, 1.54) is 6.92 Å². The number of urea groups is 1. The minimum Gasteiger partial charge on any atom is -0.480 e. The Balaban J connectivity index is 2.08. The first-order chi connectivity index (χ1) is 11.2. The number of aliphatic carboxylic acids is 1. The van der Waals surface area contributed by atoms with Gasteiger partial charge in [0.25, 0.3) is 5.91 Å². The smallest absolute Gasteiger partial charge is 0.326 e. The van der Waals surface area contributed by atoms with Gasteiger partial charge in [0, 0.05) is 0 Å². The molecule has 8 nitrogen and oxygen atoms in total. The summed E-state index contributed by atoms with van der Waals surface area (Å²) in [5.74, 6) is -2.07. The van der Waals surface area contributed by atoms with E-state index in [1.807, 2.05) is 13.8 Å². The molecule has 8 heteroatoms. The monoisotopic (exact) mass is 339 g/mol. The molecule has 1 unspecified atom stereocenters. The molecule has 0 aromatic carbocycles. The largest absolute Gasteiger partial charge is 0.480 e. The van der Waals surface area contributed by atoms with Crippen LogP contribution in [0.2, 0.25) is 0 Å². The number of hydrogen-bond acceptors (Lipinski definition) is 4. The van der Waals surface area contributed by atoms with Crippen LogP contribution in [0.25, 0.3) is 0 Å². The van der Waals surface area contributed by atoms with E-state index in [0.29, 0.717) is 12.8 Å². The fraction of sp³-hybridized carbons (Fsp3) is 0.750. The second-order valence-corrected chi connectivity index (χ2v) is 7.10. The Hall–Kier alpha value is -2.12. The van der Waals surface area contributed by atoms with Crippen LogP contribution in [0, 0.1) is 5.92 Å². The van der Waals surface area contributed by atoms with Gasteiger partial charge in [0.05, 0.1) is 0 Å². The standard InChI is InChI=1S/C16H25N3O5/c1-9(2)8-11(13(21)22)17-12(20)10(3)19-14(23)16(18-15(19)24)6-4-5-7-16/h9-11H,4-8H2,1-3H3,(H,17,20)(H,18,24)(H,21,22)/t10?,11-/m1/s1. The molecule has 2 aliphatic rings. The number of rotatable bonds is 6. The van der Waals surface area contributed by atoms with Crippen LogP contribution in [0.15, 0.2) is 0 Å². The van der Waals surface area contributed by atoms with Gasteiger partial charge in [-0.25, -0.2) is 14.5 Å². The van der Waals surface area contributed by atoms with Crippen molar-refractivity contribution in [1.82, 2.24) is 15.5 Å². The van der Waals surface area contributed by atoms with Crippen molar-refractivity contribution in [3.63, 3.8) is 0 Å². The maximum atomic E-state index is 12.6. The Morgan fingerprint density at radius 1 is 1.25 bits per heavy atom. The van der Waals surface area contributed by atoms with Gasteiger partial charge in [-0.1, -0.05) is 26.7 Å². The van der Waals surface area contributed by atoms with Gasteiger partial charge < -0.3 is 15.7 Å². The van der Waals surface area contributed by atoms with Crippen molar-refractivity contribution in [2.24, 2.45) is 5.92 Å². The lowest BCUT2D eigenvalue weighted by Gasteiger charge is -2.25. The molecule has 2 fully saturated rings. The van der Waals surface area contributed by atoms with Crippen LogP contribution in [-0.4, -0.2) is 51.4 Å². The normalized spacial score (nSPS) is 21.9. The highest BCUT2D eigenvalue weighted by molar-refractivity contribution is 6.10. The van der Waals surface area contributed by atoms with E-state index in [-0.39, 0.29) is 18.2 Å². The molecule has 4 amide bonds. The molecule has 0 radical (unpaired) electrons. The summed E-state index contributed by atoms with van der Waals surface area (Å²) in [6.07, 6.45) is 3.14. The van der Waals surface area contributed by atoms with E-state index >= 15 is 0 Å². The Morgan fingerprint density at radius 3 is 2.33 bits per heavy atom. The molecule has 1 saturated heterocycles. The third kappa shape index (κ3) is 3.37. The van der Waals surface area contributed by atoms with Crippen LogP contribution in [0.3, 0.4) is 0 Å². The predicted octanol–water partition coefficient (Wildman–Crippen LogP) is 0.855. The molecule has 1 aliphatic carbocycles. The van der Waals surface area contributed by atoms with E-state index in [0.717, 1.165) is 17.7 Å². The van der Waals surface area contributed by atoms with E-state index in [1.54, 1.807) is 0 Å². The average molecular weight is 339 g/mol. The van der Waals surface area contributed by atoms with Crippen LogP contribution >= 0.6 is 0 Å². The summed E-state index contributed by atoms with van der Waals surface area (Å²) in [6, 6.07) is -2.67. The second-order valence-electron chi connectivity index (χ2n) is 7.10. The van der Waals surface area contributed by atoms with Gasteiger partial charge in [-0.15, -0.1) is 0 Å². The van der Waals surface area contributed by atoms with Gasteiger partial charge >= 0.3 is 12.0 Å². The fourth-order valence-corrected chi connectivity index (χ4v) is 3.41. The molecular formula is C16H25N3O5. The summed E-state index contributed by atoms with van der Waals surface area (Å²) in [5.41, 5.74) is -0.879. The first-order valence-electron chi connectivity index (χ1n) is 8.37. The Morgan fingerprint density at radius 2 is 1.83 bits per heavy atom. The number of carbonyl (C=O) groups excluding carboxylic acids is 3. The van der Waals surface area contributed by atoms with Crippen LogP contribution in [0.1, 0.15) is 52.9 Å². The van der Waals surface area contributed by atoms with Crippen LogP contribution < -0.4 is 10.6 Å². The SMILES string of the molecule is CC(C)C[C@@H](NC(=O)C(C)N1C(=O)NC2(CCCC2)C1=O)C(=O)O. The zero-order chi connectivity index (χ0) is 18.1. The van der Waals surface area contributed by atoms with Gasteiger partial charge in [0.15, 0.2) is 0 Å². The van der Waals surface area contributed by atoms with Crippen molar-refractivity contribution >= 4 is 23.8 Å². The molecule has 24 heavy (non-hydrogen) atoms. The van der Waals surface area contributed by atoms with E-state index in [9.17, 15) is 24.3 Å². The van der Waals surface area contributed by atoms with Crippen molar-refractivity contribution in [2.75, 3.05) is 0 Å². The predicted molar refractivity (Wildman–Crippen MR) is 85.1 cm³/mol. The number of carboxylic acid groups (broad SMARTS) is 1. The molecule has 1 heterocycles. The summed E-state index contributed by atoms with van der Waals surface area (Å²) >= 11 is 0. The average Bonchev–Trinajstić information content (AvgIpc) is 3.03. The highest BCUT2D eigenvalue weighted by Crippen LogP contribution is 2.35. The number of carboxylic acids is 1. The van der Waals surface area contributed by atoms with Gasteiger partial charge in [-0.2, -0.15) is 0 Å². The topological polar surface area (TPSA) is 116 Å². The summed E-state index contributed by atoms with van der Waals surface area (Å²) in [6.45, 7) is 5.15. The lowest BCUT2D eigenvalue weighted by molar-refractivity contribution is -0.143. The van der Waals surface area contributed by atoms with Crippen molar-refractivity contribution in [3.8, 4) is 0 Å². The summed E-state index contributed by atoms with van der Waals surface area (Å²) in [4.78, 5) is 49.4. The number of carbonyl (C=O) groups is 4.